The summed E-state index contributed by atoms with van der Waals surface area (Å²) in [6.07, 6.45) is 0.840. The third-order valence-corrected chi connectivity index (χ3v) is 4.32. The van der Waals surface area contributed by atoms with Gasteiger partial charge in [0.25, 0.3) is 5.91 Å². The first-order valence-electron chi connectivity index (χ1n) is 9.41. The van der Waals surface area contributed by atoms with Crippen LogP contribution in [0, 0.1) is 0 Å². The minimum atomic E-state index is -0.0976. The lowest BCUT2D eigenvalue weighted by molar-refractivity contribution is 0.0963. The molecule has 0 saturated heterocycles. The van der Waals surface area contributed by atoms with Gasteiger partial charge >= 0.3 is 0 Å². The number of guanidine groups is 1. The second kappa shape index (κ2) is 11.5. The van der Waals surface area contributed by atoms with E-state index in [9.17, 15) is 4.79 Å². The Balaban J connectivity index is 0.00000300. The van der Waals surface area contributed by atoms with Gasteiger partial charge in [0, 0.05) is 25.7 Å². The molecule has 0 aromatic heterocycles. The van der Waals surface area contributed by atoms with Gasteiger partial charge in [-0.1, -0.05) is 18.2 Å². The van der Waals surface area contributed by atoms with Crippen molar-refractivity contribution in [1.82, 2.24) is 16.0 Å². The molecule has 1 aliphatic rings. The molecule has 3 N–H and O–H groups in total. The van der Waals surface area contributed by atoms with E-state index in [1.165, 1.54) is 5.56 Å². The number of hydrogen-bond acceptors (Lipinski definition) is 4. The lowest BCUT2D eigenvalue weighted by Gasteiger charge is -2.12. The number of carbonyl (C=O) groups excluding carboxylic acids is 1. The van der Waals surface area contributed by atoms with Crippen molar-refractivity contribution < 1.29 is 14.3 Å². The summed E-state index contributed by atoms with van der Waals surface area (Å²) in [4.78, 5) is 16.4. The highest BCUT2D eigenvalue weighted by Gasteiger charge is 2.13. The summed E-state index contributed by atoms with van der Waals surface area (Å²) >= 11 is 0. The van der Waals surface area contributed by atoms with Gasteiger partial charge < -0.3 is 25.4 Å². The van der Waals surface area contributed by atoms with Crippen molar-refractivity contribution in [2.75, 3.05) is 26.9 Å². The van der Waals surface area contributed by atoms with Crippen molar-refractivity contribution in [3.05, 3.63) is 59.2 Å². The van der Waals surface area contributed by atoms with Crippen LogP contribution in [0.15, 0.2) is 47.5 Å². The van der Waals surface area contributed by atoms with Gasteiger partial charge in [-0.25, -0.2) is 4.99 Å². The summed E-state index contributed by atoms with van der Waals surface area (Å²) < 4.78 is 10.8. The maximum Gasteiger partial charge on any atom is 0.251 e. The largest absolute Gasteiger partial charge is 0.454 e. The summed E-state index contributed by atoms with van der Waals surface area (Å²) in [5.74, 6) is 2.24. The highest BCUT2D eigenvalue weighted by Crippen LogP contribution is 2.32. The molecule has 0 bridgehead atoms. The monoisotopic (exact) mass is 510 g/mol. The first-order valence-corrected chi connectivity index (χ1v) is 9.41. The summed E-state index contributed by atoms with van der Waals surface area (Å²) in [5.41, 5.74) is 2.79. The molecule has 1 aliphatic heterocycles. The average Bonchev–Trinajstić information content (AvgIpc) is 3.19. The molecule has 29 heavy (non-hydrogen) atoms. The highest BCUT2D eigenvalue weighted by molar-refractivity contribution is 14.0. The lowest BCUT2D eigenvalue weighted by Crippen LogP contribution is -2.38. The van der Waals surface area contributed by atoms with Crippen molar-refractivity contribution in [3.8, 4) is 11.5 Å². The molecule has 7 nitrogen and oxygen atoms in total. The Bertz CT molecular complexity index is 858. The summed E-state index contributed by atoms with van der Waals surface area (Å²) in [6.45, 7) is 4.32. The smallest absolute Gasteiger partial charge is 0.251 e. The molecule has 0 atom stereocenters. The summed E-state index contributed by atoms with van der Waals surface area (Å²) in [7, 11) is 1.63. The topological polar surface area (TPSA) is 84.0 Å². The quantitative estimate of drug-likeness (QED) is 0.303. The van der Waals surface area contributed by atoms with E-state index < -0.39 is 0 Å². The first kappa shape index (κ1) is 22.8. The second-order valence-corrected chi connectivity index (χ2v) is 6.34. The number of rotatable bonds is 7. The average molecular weight is 510 g/mol. The number of nitrogens with zero attached hydrogens (tertiary/aromatic N) is 1. The molecule has 0 aliphatic carbocycles. The van der Waals surface area contributed by atoms with Crippen LogP contribution in [0.2, 0.25) is 0 Å². The number of carbonyl (C=O) groups is 1. The lowest BCUT2D eigenvalue weighted by atomic mass is 10.1. The number of aliphatic imine (C=N–C) groups is 1. The molecular formula is C21H27IN4O3. The first-order chi connectivity index (χ1) is 13.7. The van der Waals surface area contributed by atoms with Crippen molar-refractivity contribution in [2.24, 2.45) is 4.99 Å². The predicted molar refractivity (Wildman–Crippen MR) is 124 cm³/mol. The maximum atomic E-state index is 11.8. The van der Waals surface area contributed by atoms with E-state index in [4.69, 9.17) is 9.47 Å². The van der Waals surface area contributed by atoms with Gasteiger partial charge in [0.15, 0.2) is 17.5 Å². The molecule has 1 heterocycles. The molecule has 2 aromatic carbocycles. The van der Waals surface area contributed by atoms with Gasteiger partial charge in [-0.2, -0.15) is 0 Å². The van der Waals surface area contributed by atoms with Crippen LogP contribution in [-0.2, 0) is 13.0 Å². The van der Waals surface area contributed by atoms with Crippen molar-refractivity contribution in [3.63, 3.8) is 0 Å². The van der Waals surface area contributed by atoms with Crippen molar-refractivity contribution in [2.45, 2.75) is 19.9 Å². The van der Waals surface area contributed by atoms with Crippen LogP contribution in [0.25, 0.3) is 0 Å². The third-order valence-electron chi connectivity index (χ3n) is 4.32. The fourth-order valence-corrected chi connectivity index (χ4v) is 2.89. The summed E-state index contributed by atoms with van der Waals surface area (Å²) in [5, 5.41) is 9.22. The maximum absolute atomic E-state index is 11.8. The molecule has 0 saturated carbocycles. The number of amides is 1. The molecule has 8 heteroatoms. The van der Waals surface area contributed by atoms with Gasteiger partial charge in [-0.15, -0.1) is 24.0 Å². The molecule has 0 unspecified atom stereocenters. The van der Waals surface area contributed by atoms with Crippen LogP contribution >= 0.6 is 24.0 Å². The van der Waals surface area contributed by atoms with Crippen LogP contribution in [0.5, 0.6) is 11.5 Å². The van der Waals surface area contributed by atoms with Gasteiger partial charge in [0.2, 0.25) is 6.79 Å². The van der Waals surface area contributed by atoms with E-state index in [2.05, 4.69) is 20.9 Å². The number of fused-ring (bicyclic) bond motifs is 1. The number of ether oxygens (including phenoxy) is 2. The molecule has 0 spiro atoms. The SMILES string of the molecule is CCNC(=NCc1cccc(C(=O)NC)c1)NCCc1ccc2c(c1)OCO2.I. The normalized spacial score (nSPS) is 12.1. The molecule has 0 fully saturated rings. The second-order valence-electron chi connectivity index (χ2n) is 6.34. The zero-order valence-electron chi connectivity index (χ0n) is 16.7. The van der Waals surface area contributed by atoms with E-state index in [1.807, 2.05) is 43.3 Å². The van der Waals surface area contributed by atoms with Crippen LogP contribution in [0.4, 0.5) is 0 Å². The van der Waals surface area contributed by atoms with Crippen LogP contribution in [0.1, 0.15) is 28.4 Å². The van der Waals surface area contributed by atoms with E-state index >= 15 is 0 Å². The standard InChI is InChI=1S/C21H26N4O3.HI/c1-3-23-21(25-13-16-5-4-6-17(11-16)20(26)22-2)24-10-9-15-7-8-18-19(12-15)28-14-27-18;/h4-8,11-12H,3,9-10,13-14H2,1-2H3,(H,22,26)(H2,23,24,25);1H. The zero-order valence-corrected chi connectivity index (χ0v) is 19.0. The number of benzene rings is 2. The molecule has 2 aromatic rings. The highest BCUT2D eigenvalue weighted by atomic mass is 127. The minimum Gasteiger partial charge on any atom is -0.454 e. The zero-order chi connectivity index (χ0) is 19.8. The molecular weight excluding hydrogens is 483 g/mol. The third kappa shape index (κ3) is 6.52. The molecule has 0 radical (unpaired) electrons. The Morgan fingerprint density at radius 1 is 1.07 bits per heavy atom. The van der Waals surface area contributed by atoms with Crippen molar-refractivity contribution >= 4 is 35.8 Å². The van der Waals surface area contributed by atoms with E-state index in [0.717, 1.165) is 42.5 Å². The van der Waals surface area contributed by atoms with Crippen LogP contribution in [0.3, 0.4) is 0 Å². The Hall–Kier alpha value is -2.49. The number of halogens is 1. The fraction of sp³-hybridized carbons (Fsp3) is 0.333. The molecule has 156 valence electrons. The Morgan fingerprint density at radius 2 is 1.90 bits per heavy atom. The van der Waals surface area contributed by atoms with Gasteiger partial charge in [-0.3, -0.25) is 4.79 Å². The number of nitrogens with one attached hydrogen (secondary N) is 3. The number of hydrogen-bond donors (Lipinski definition) is 3. The summed E-state index contributed by atoms with van der Waals surface area (Å²) in [6, 6.07) is 13.5. The fourth-order valence-electron chi connectivity index (χ4n) is 2.89. The van der Waals surface area contributed by atoms with Gasteiger partial charge in [0.05, 0.1) is 6.54 Å². The Kier molecular flexibility index (Phi) is 9.04. The van der Waals surface area contributed by atoms with Crippen molar-refractivity contribution in [1.29, 1.82) is 0 Å². The van der Waals surface area contributed by atoms with E-state index in [-0.39, 0.29) is 36.7 Å². The Labute approximate surface area is 188 Å². The van der Waals surface area contributed by atoms with Crippen LogP contribution in [-0.4, -0.2) is 38.8 Å². The molecule has 1 amide bonds. The van der Waals surface area contributed by atoms with Crippen LogP contribution < -0.4 is 25.4 Å². The van der Waals surface area contributed by atoms with E-state index in [0.29, 0.717) is 12.1 Å². The van der Waals surface area contributed by atoms with Gasteiger partial charge in [0.1, 0.15) is 0 Å². The molecule has 3 rings (SSSR count). The van der Waals surface area contributed by atoms with Gasteiger partial charge in [-0.05, 0) is 48.7 Å². The van der Waals surface area contributed by atoms with E-state index in [1.54, 1.807) is 13.1 Å². The Morgan fingerprint density at radius 3 is 2.69 bits per heavy atom. The minimum absolute atomic E-state index is 0. The predicted octanol–water partition coefficient (Wildman–Crippen LogP) is 2.69.